The maximum Gasteiger partial charge on any atom is 0.310 e. The van der Waals surface area contributed by atoms with Crippen molar-refractivity contribution in [3.63, 3.8) is 0 Å². The van der Waals surface area contributed by atoms with Gasteiger partial charge < -0.3 is 5.11 Å². The molecule has 0 unspecified atom stereocenters. The SMILES string of the molecule is CC1=C(CC/C(C)=C/C=C/[C@@H](C)C(=O)O)C(C)(C)CCC1. The van der Waals surface area contributed by atoms with Crippen molar-refractivity contribution in [2.75, 3.05) is 0 Å². The van der Waals surface area contributed by atoms with Gasteiger partial charge in [0.2, 0.25) is 0 Å². The molecule has 0 heterocycles. The van der Waals surface area contributed by atoms with E-state index in [0.29, 0.717) is 5.41 Å². The lowest BCUT2D eigenvalue weighted by molar-refractivity contribution is -0.139. The summed E-state index contributed by atoms with van der Waals surface area (Å²) in [7, 11) is 0. The van der Waals surface area contributed by atoms with Crippen LogP contribution in [0.25, 0.3) is 0 Å². The molecule has 0 radical (unpaired) electrons. The van der Waals surface area contributed by atoms with Crippen LogP contribution in [0, 0.1) is 11.3 Å². The topological polar surface area (TPSA) is 37.3 Å². The van der Waals surface area contributed by atoms with Crippen LogP contribution in [0.2, 0.25) is 0 Å². The van der Waals surface area contributed by atoms with E-state index in [1.165, 1.54) is 24.8 Å². The van der Waals surface area contributed by atoms with Crippen LogP contribution in [0.15, 0.2) is 34.9 Å². The molecule has 2 heteroatoms. The third kappa shape index (κ3) is 5.53. The Morgan fingerprint density at radius 3 is 2.67 bits per heavy atom. The average molecular weight is 290 g/mol. The normalized spacial score (nSPS) is 20.9. The fourth-order valence-corrected chi connectivity index (χ4v) is 3.10. The molecular formula is C19H30O2. The van der Waals surface area contributed by atoms with Crippen molar-refractivity contribution < 1.29 is 9.90 Å². The molecule has 0 saturated carbocycles. The molecule has 1 N–H and O–H groups in total. The predicted octanol–water partition coefficient (Wildman–Crippen LogP) is 5.52. The maximum atomic E-state index is 10.7. The Morgan fingerprint density at radius 1 is 1.43 bits per heavy atom. The van der Waals surface area contributed by atoms with Gasteiger partial charge in [-0.05, 0) is 58.3 Å². The van der Waals surface area contributed by atoms with Crippen molar-refractivity contribution in [2.24, 2.45) is 11.3 Å². The predicted molar refractivity (Wildman–Crippen MR) is 89.3 cm³/mol. The van der Waals surface area contributed by atoms with Crippen molar-refractivity contribution in [1.82, 2.24) is 0 Å². The summed E-state index contributed by atoms with van der Waals surface area (Å²) >= 11 is 0. The number of allylic oxidation sites excluding steroid dienone is 5. The third-order valence-corrected chi connectivity index (χ3v) is 4.63. The standard InChI is InChI=1S/C19H30O2/c1-14(8-6-9-16(3)18(20)21)11-12-17-15(2)10-7-13-19(17,4)5/h6,8-9,16H,7,10-13H2,1-5H3,(H,20,21)/b9-6+,14-8+/t16-/m1/s1. The van der Waals surface area contributed by atoms with Gasteiger partial charge in [0.1, 0.15) is 0 Å². The zero-order valence-corrected chi connectivity index (χ0v) is 14.2. The molecule has 0 aliphatic heterocycles. The zero-order chi connectivity index (χ0) is 16.0. The van der Waals surface area contributed by atoms with Crippen LogP contribution in [-0.2, 0) is 4.79 Å². The highest BCUT2D eigenvalue weighted by atomic mass is 16.4. The summed E-state index contributed by atoms with van der Waals surface area (Å²) in [4.78, 5) is 10.7. The Balaban J connectivity index is 2.60. The molecule has 21 heavy (non-hydrogen) atoms. The zero-order valence-electron chi connectivity index (χ0n) is 14.2. The molecule has 1 aliphatic rings. The minimum Gasteiger partial charge on any atom is -0.481 e. The fraction of sp³-hybridized carbons (Fsp3) is 0.632. The molecule has 0 spiro atoms. The van der Waals surface area contributed by atoms with Gasteiger partial charge in [0.25, 0.3) is 0 Å². The first-order valence-corrected chi connectivity index (χ1v) is 8.00. The van der Waals surface area contributed by atoms with Gasteiger partial charge in [0, 0.05) is 0 Å². The van der Waals surface area contributed by atoms with E-state index in [1.54, 1.807) is 24.1 Å². The summed E-state index contributed by atoms with van der Waals surface area (Å²) in [6.45, 7) is 10.8. The van der Waals surface area contributed by atoms with E-state index in [1.807, 2.05) is 12.2 Å². The highest BCUT2D eigenvalue weighted by Gasteiger charge is 2.27. The van der Waals surface area contributed by atoms with Crippen LogP contribution in [0.1, 0.15) is 66.7 Å². The Morgan fingerprint density at radius 2 is 2.10 bits per heavy atom. The molecule has 1 rings (SSSR count). The molecule has 0 fully saturated rings. The number of carboxylic acids is 1. The number of carboxylic acid groups (broad SMARTS) is 1. The Hall–Kier alpha value is -1.31. The van der Waals surface area contributed by atoms with Gasteiger partial charge in [-0.1, -0.05) is 48.8 Å². The van der Waals surface area contributed by atoms with E-state index in [4.69, 9.17) is 5.11 Å². The van der Waals surface area contributed by atoms with Gasteiger partial charge in [-0.2, -0.15) is 0 Å². The number of hydrogen-bond donors (Lipinski definition) is 1. The van der Waals surface area contributed by atoms with E-state index >= 15 is 0 Å². The molecule has 118 valence electrons. The molecule has 0 aromatic carbocycles. The summed E-state index contributed by atoms with van der Waals surface area (Å²) in [6.07, 6.45) is 11.7. The van der Waals surface area contributed by atoms with Crippen molar-refractivity contribution in [1.29, 1.82) is 0 Å². The van der Waals surface area contributed by atoms with Crippen LogP contribution in [0.4, 0.5) is 0 Å². The second-order valence-electron chi connectivity index (χ2n) is 7.02. The number of rotatable bonds is 6. The van der Waals surface area contributed by atoms with Crippen molar-refractivity contribution in [3.05, 3.63) is 34.9 Å². The van der Waals surface area contributed by atoms with Crippen LogP contribution in [-0.4, -0.2) is 11.1 Å². The van der Waals surface area contributed by atoms with Crippen molar-refractivity contribution in [2.45, 2.75) is 66.7 Å². The summed E-state index contributed by atoms with van der Waals surface area (Å²) in [5, 5.41) is 8.83. The van der Waals surface area contributed by atoms with Crippen LogP contribution in [0.5, 0.6) is 0 Å². The van der Waals surface area contributed by atoms with Gasteiger partial charge in [0.05, 0.1) is 5.92 Å². The Kier molecular flexibility index (Phi) is 6.44. The van der Waals surface area contributed by atoms with Gasteiger partial charge >= 0.3 is 5.97 Å². The highest BCUT2D eigenvalue weighted by Crippen LogP contribution is 2.42. The van der Waals surface area contributed by atoms with Crippen LogP contribution in [0.3, 0.4) is 0 Å². The smallest absolute Gasteiger partial charge is 0.310 e. The molecular weight excluding hydrogens is 260 g/mol. The van der Waals surface area contributed by atoms with E-state index in [2.05, 4.69) is 27.7 Å². The second kappa shape index (κ2) is 7.63. The average Bonchev–Trinajstić information content (AvgIpc) is 2.37. The summed E-state index contributed by atoms with van der Waals surface area (Å²) in [5.74, 6) is -1.20. The van der Waals surface area contributed by atoms with Crippen molar-refractivity contribution in [3.8, 4) is 0 Å². The lowest BCUT2D eigenvalue weighted by atomic mass is 9.71. The lowest BCUT2D eigenvalue weighted by Gasteiger charge is -2.34. The summed E-state index contributed by atoms with van der Waals surface area (Å²) in [6, 6.07) is 0. The van der Waals surface area contributed by atoms with Crippen LogP contribution < -0.4 is 0 Å². The quantitative estimate of drug-likeness (QED) is 0.517. The first-order chi connectivity index (χ1) is 9.74. The molecule has 0 amide bonds. The molecule has 2 nitrogen and oxygen atoms in total. The molecule has 0 bridgehead atoms. The largest absolute Gasteiger partial charge is 0.481 e. The van der Waals surface area contributed by atoms with E-state index in [0.717, 1.165) is 12.8 Å². The minimum atomic E-state index is -0.776. The van der Waals surface area contributed by atoms with Crippen molar-refractivity contribution >= 4 is 5.97 Å². The van der Waals surface area contributed by atoms with Gasteiger partial charge in [-0.15, -0.1) is 0 Å². The van der Waals surface area contributed by atoms with Gasteiger partial charge in [-0.25, -0.2) is 0 Å². The molecule has 1 aliphatic carbocycles. The van der Waals surface area contributed by atoms with Gasteiger partial charge in [-0.3, -0.25) is 4.79 Å². The van der Waals surface area contributed by atoms with Gasteiger partial charge in [0.15, 0.2) is 0 Å². The van der Waals surface area contributed by atoms with E-state index in [-0.39, 0.29) is 0 Å². The lowest BCUT2D eigenvalue weighted by Crippen LogP contribution is -2.20. The Bertz CT molecular complexity index is 464. The molecule has 0 aromatic rings. The summed E-state index contributed by atoms with van der Waals surface area (Å²) < 4.78 is 0. The minimum absolute atomic E-state index is 0.344. The molecule has 0 saturated heterocycles. The molecule has 1 atom stereocenters. The van der Waals surface area contributed by atoms with E-state index in [9.17, 15) is 4.79 Å². The Labute approximate surface area is 129 Å². The maximum absolute atomic E-state index is 10.7. The van der Waals surface area contributed by atoms with Crippen LogP contribution >= 0.6 is 0 Å². The number of carbonyl (C=O) groups is 1. The number of aliphatic carboxylic acids is 1. The summed E-state index contributed by atoms with van der Waals surface area (Å²) in [5.41, 5.74) is 4.86. The first-order valence-electron chi connectivity index (χ1n) is 8.00. The molecule has 0 aromatic heterocycles. The third-order valence-electron chi connectivity index (χ3n) is 4.63. The van der Waals surface area contributed by atoms with E-state index < -0.39 is 11.9 Å². The fourth-order valence-electron chi connectivity index (χ4n) is 3.10. The number of hydrogen-bond acceptors (Lipinski definition) is 1. The highest BCUT2D eigenvalue weighted by molar-refractivity contribution is 5.71. The monoisotopic (exact) mass is 290 g/mol. The first kappa shape index (κ1) is 17.7. The second-order valence-corrected chi connectivity index (χ2v) is 7.02.